The highest BCUT2D eigenvalue weighted by atomic mass is 19.4. The van der Waals surface area contributed by atoms with E-state index in [1.54, 1.807) is 30.3 Å². The van der Waals surface area contributed by atoms with Gasteiger partial charge in [0.1, 0.15) is 0 Å². The summed E-state index contributed by atoms with van der Waals surface area (Å²) in [6.07, 6.45) is -6.83. The summed E-state index contributed by atoms with van der Waals surface area (Å²) in [6, 6.07) is 24.7. The zero-order chi connectivity index (χ0) is 28.0. The minimum absolute atomic E-state index is 0.151. The molecule has 0 aliphatic heterocycles. The van der Waals surface area contributed by atoms with Crippen molar-refractivity contribution in [2.45, 2.75) is 18.8 Å². The fourth-order valence-electron chi connectivity index (χ4n) is 3.60. The molecule has 200 valence electrons. The van der Waals surface area contributed by atoms with Crippen molar-refractivity contribution in [3.05, 3.63) is 126 Å². The van der Waals surface area contributed by atoms with Crippen LogP contribution in [-0.4, -0.2) is 25.5 Å². The summed E-state index contributed by atoms with van der Waals surface area (Å²) in [4.78, 5) is 3.75. The molecule has 5 nitrogen and oxygen atoms in total. The van der Waals surface area contributed by atoms with E-state index < -0.39 is 23.5 Å². The van der Waals surface area contributed by atoms with E-state index >= 15 is 0 Å². The molecular formula is C28H20F6N4O. The average Bonchev–Trinajstić information content (AvgIpc) is 3.36. The van der Waals surface area contributed by atoms with Crippen LogP contribution in [0.25, 0.3) is 16.8 Å². The van der Waals surface area contributed by atoms with Crippen LogP contribution in [0.4, 0.5) is 26.3 Å². The van der Waals surface area contributed by atoms with E-state index in [0.717, 1.165) is 30.1 Å². The van der Waals surface area contributed by atoms with Crippen LogP contribution in [0.5, 0.6) is 0 Å². The number of pyridine rings is 2. The van der Waals surface area contributed by atoms with E-state index in [1.807, 2.05) is 36.4 Å². The molecule has 0 aliphatic carbocycles. The fraction of sp³-hybridized carbons (Fsp3) is 0.107. The smallest absolute Gasteiger partial charge is 0.411 e. The minimum atomic E-state index is -4.40. The van der Waals surface area contributed by atoms with Gasteiger partial charge in [-0.1, -0.05) is 65.8 Å². The lowest BCUT2D eigenvalue weighted by Gasteiger charge is -2.07. The molecule has 39 heavy (non-hydrogen) atoms. The molecule has 3 aromatic heterocycles. The molecule has 0 bridgehead atoms. The van der Waals surface area contributed by atoms with Crippen LogP contribution in [0.15, 0.2) is 109 Å². The monoisotopic (exact) mass is 542 g/mol. The lowest BCUT2D eigenvalue weighted by atomic mass is 10.1. The number of nitrogens with zero attached hydrogens (tertiary/aromatic N) is 4. The van der Waals surface area contributed by atoms with Gasteiger partial charge in [-0.15, -0.1) is 0 Å². The molecule has 5 aromatic rings. The molecule has 0 spiro atoms. The SMILES string of the molecule is FC(F)(F)c1ccc2cc(-c3ccccc3)nn2c1.ON=C(Cc1ccc(C(F)(F)F)cn1)c1ccccc1. The number of rotatable bonds is 4. The lowest BCUT2D eigenvalue weighted by molar-refractivity contribution is -0.138. The Labute approximate surface area is 218 Å². The van der Waals surface area contributed by atoms with Crippen molar-refractivity contribution >= 4 is 11.2 Å². The number of benzene rings is 2. The molecule has 11 heteroatoms. The predicted octanol–water partition coefficient (Wildman–Crippen LogP) is 7.54. The summed E-state index contributed by atoms with van der Waals surface area (Å²) >= 11 is 0. The molecule has 0 atom stereocenters. The molecule has 0 saturated carbocycles. The standard InChI is InChI=1S/C14H11F3N2O.C14H9F3N2/c15-14(16,17)11-6-7-12(18-9-11)8-13(19-20)10-4-2-1-3-5-10;15-14(16,17)11-6-7-12-8-13(18-19(12)9-11)10-4-2-1-3-5-10/h1-7,9,20H,8H2;1-9H. The molecule has 2 aromatic carbocycles. The van der Waals surface area contributed by atoms with Crippen molar-refractivity contribution in [2.75, 3.05) is 0 Å². The maximum absolute atomic E-state index is 12.6. The maximum atomic E-state index is 12.6. The quantitative estimate of drug-likeness (QED) is 0.110. The molecule has 0 fully saturated rings. The van der Waals surface area contributed by atoms with Gasteiger partial charge >= 0.3 is 12.4 Å². The van der Waals surface area contributed by atoms with Crippen LogP contribution in [0.3, 0.4) is 0 Å². The first kappa shape index (κ1) is 27.4. The van der Waals surface area contributed by atoms with Gasteiger partial charge in [0, 0.05) is 30.1 Å². The van der Waals surface area contributed by atoms with Crippen LogP contribution >= 0.6 is 0 Å². The Bertz CT molecular complexity index is 1550. The van der Waals surface area contributed by atoms with Gasteiger partial charge in [0.2, 0.25) is 0 Å². The van der Waals surface area contributed by atoms with Crippen molar-refractivity contribution in [1.29, 1.82) is 0 Å². The Morgan fingerprint density at radius 2 is 1.38 bits per heavy atom. The first-order valence-corrected chi connectivity index (χ1v) is 11.4. The van der Waals surface area contributed by atoms with Gasteiger partial charge in [0.25, 0.3) is 0 Å². The number of fused-ring (bicyclic) bond motifs is 1. The Hall–Kier alpha value is -4.67. The molecule has 0 saturated heterocycles. The normalized spacial score (nSPS) is 12.2. The van der Waals surface area contributed by atoms with E-state index in [2.05, 4.69) is 15.2 Å². The number of hydrogen-bond donors (Lipinski definition) is 1. The van der Waals surface area contributed by atoms with Crippen LogP contribution in [0, 0.1) is 0 Å². The largest absolute Gasteiger partial charge is 0.417 e. The third kappa shape index (κ3) is 7.01. The highest BCUT2D eigenvalue weighted by molar-refractivity contribution is 6.01. The van der Waals surface area contributed by atoms with Crippen LogP contribution in [0.2, 0.25) is 0 Å². The topological polar surface area (TPSA) is 62.8 Å². The Balaban J connectivity index is 0.000000181. The summed E-state index contributed by atoms with van der Waals surface area (Å²) in [6.45, 7) is 0. The molecule has 0 amide bonds. The van der Waals surface area contributed by atoms with Gasteiger partial charge in [-0.25, -0.2) is 4.52 Å². The highest BCUT2D eigenvalue weighted by Gasteiger charge is 2.31. The lowest BCUT2D eigenvalue weighted by Crippen LogP contribution is -2.09. The molecule has 0 radical (unpaired) electrons. The van der Waals surface area contributed by atoms with Gasteiger partial charge in [-0.05, 0) is 35.9 Å². The van der Waals surface area contributed by atoms with Crippen molar-refractivity contribution in [3.63, 3.8) is 0 Å². The molecule has 3 heterocycles. The van der Waals surface area contributed by atoms with Crippen molar-refractivity contribution in [1.82, 2.24) is 14.6 Å². The third-order valence-corrected chi connectivity index (χ3v) is 5.58. The van der Waals surface area contributed by atoms with E-state index in [0.29, 0.717) is 28.2 Å². The van der Waals surface area contributed by atoms with Gasteiger partial charge < -0.3 is 5.21 Å². The van der Waals surface area contributed by atoms with E-state index in [9.17, 15) is 26.3 Å². The van der Waals surface area contributed by atoms with Gasteiger partial charge in [-0.2, -0.15) is 31.4 Å². The summed E-state index contributed by atoms with van der Waals surface area (Å²) in [5.74, 6) is 0. The zero-order valence-electron chi connectivity index (χ0n) is 20.0. The highest BCUT2D eigenvalue weighted by Crippen LogP contribution is 2.30. The number of halogens is 6. The van der Waals surface area contributed by atoms with E-state index in [-0.39, 0.29) is 6.42 Å². The second-order valence-corrected chi connectivity index (χ2v) is 8.31. The zero-order valence-corrected chi connectivity index (χ0v) is 20.0. The second kappa shape index (κ2) is 11.4. The van der Waals surface area contributed by atoms with Gasteiger partial charge in [0.15, 0.2) is 0 Å². The second-order valence-electron chi connectivity index (χ2n) is 8.31. The first-order chi connectivity index (χ1) is 18.5. The predicted molar refractivity (Wildman–Crippen MR) is 133 cm³/mol. The molecule has 1 N–H and O–H groups in total. The molecular weight excluding hydrogens is 522 g/mol. The summed E-state index contributed by atoms with van der Waals surface area (Å²) in [5.41, 5.74) is 2.09. The maximum Gasteiger partial charge on any atom is 0.417 e. The average molecular weight is 542 g/mol. The molecule has 0 aliphatic rings. The fourth-order valence-corrected chi connectivity index (χ4v) is 3.60. The number of oxime groups is 1. The number of aromatic nitrogens is 3. The van der Waals surface area contributed by atoms with Crippen molar-refractivity contribution < 1.29 is 31.5 Å². The Morgan fingerprint density at radius 1 is 0.769 bits per heavy atom. The van der Waals surface area contributed by atoms with Crippen LogP contribution in [-0.2, 0) is 18.8 Å². The summed E-state index contributed by atoms with van der Waals surface area (Å²) < 4.78 is 76.3. The summed E-state index contributed by atoms with van der Waals surface area (Å²) in [7, 11) is 0. The van der Waals surface area contributed by atoms with Gasteiger partial charge in [-0.3, -0.25) is 4.98 Å². The van der Waals surface area contributed by atoms with E-state index in [4.69, 9.17) is 5.21 Å². The van der Waals surface area contributed by atoms with Gasteiger partial charge in [0.05, 0.1) is 28.0 Å². The van der Waals surface area contributed by atoms with Crippen molar-refractivity contribution in [3.8, 4) is 11.3 Å². The summed E-state index contributed by atoms with van der Waals surface area (Å²) in [5, 5.41) is 16.4. The number of hydrogen-bond acceptors (Lipinski definition) is 4. The molecule has 0 unspecified atom stereocenters. The number of alkyl halides is 6. The Kier molecular flexibility index (Phi) is 7.99. The van der Waals surface area contributed by atoms with Crippen molar-refractivity contribution in [2.24, 2.45) is 5.16 Å². The Morgan fingerprint density at radius 3 is 1.95 bits per heavy atom. The minimum Gasteiger partial charge on any atom is -0.411 e. The molecule has 5 rings (SSSR count). The van der Waals surface area contributed by atoms with Crippen LogP contribution in [0.1, 0.15) is 22.4 Å². The third-order valence-electron chi connectivity index (χ3n) is 5.58. The van der Waals surface area contributed by atoms with Crippen LogP contribution < -0.4 is 0 Å². The first-order valence-electron chi connectivity index (χ1n) is 11.4. The van der Waals surface area contributed by atoms with E-state index in [1.165, 1.54) is 16.6 Å².